The summed E-state index contributed by atoms with van der Waals surface area (Å²) in [7, 11) is -3.15. The van der Waals surface area contributed by atoms with Gasteiger partial charge >= 0.3 is 0 Å². The van der Waals surface area contributed by atoms with Gasteiger partial charge in [-0.05, 0) is 38.0 Å². The molecule has 0 fully saturated rings. The lowest BCUT2D eigenvalue weighted by atomic mass is 10.2. The molecule has 1 heterocycles. The monoisotopic (exact) mass is 324 g/mol. The minimum atomic E-state index is -3.15. The first-order valence-corrected chi connectivity index (χ1v) is 9.21. The van der Waals surface area contributed by atoms with Crippen LogP contribution in [0.15, 0.2) is 18.2 Å². The van der Waals surface area contributed by atoms with E-state index in [0.717, 1.165) is 16.9 Å². The molecule has 3 N–H and O–H groups in total. The lowest BCUT2D eigenvalue weighted by Crippen LogP contribution is -2.39. The Morgan fingerprint density at radius 1 is 1.36 bits per heavy atom. The maximum absolute atomic E-state index is 11.6. The fourth-order valence-electron chi connectivity index (χ4n) is 2.20. The molecule has 0 amide bonds. The van der Waals surface area contributed by atoms with E-state index in [0.29, 0.717) is 19.5 Å². The minimum Gasteiger partial charge on any atom is -0.341 e. The first-order valence-electron chi connectivity index (χ1n) is 7.55. The number of aromatic nitrogens is 2. The van der Waals surface area contributed by atoms with Crippen LogP contribution in [0.5, 0.6) is 0 Å². The standard InChI is InChI=1S/C15H24N4O2S/c1-4-7-22(20,21)17-9-12(3)16-10-15-18-13-6-5-11(2)8-14(13)19-15/h5-6,8,12,16-17H,4,7,9-10H2,1-3H3,(H,18,19)/t12-/m1/s1. The third-order valence-electron chi connectivity index (χ3n) is 3.39. The van der Waals surface area contributed by atoms with Gasteiger partial charge in [0.15, 0.2) is 0 Å². The molecule has 0 unspecified atom stereocenters. The first kappa shape index (κ1) is 16.9. The van der Waals surface area contributed by atoms with Crippen LogP contribution in [0.2, 0.25) is 0 Å². The molecule has 1 aromatic carbocycles. The summed E-state index contributed by atoms with van der Waals surface area (Å²) in [6.45, 7) is 6.79. The SMILES string of the molecule is CCCS(=O)(=O)NC[C@@H](C)NCc1nc2ccc(C)cc2[nH]1. The van der Waals surface area contributed by atoms with Crippen LogP contribution >= 0.6 is 0 Å². The molecule has 0 saturated carbocycles. The fraction of sp³-hybridized carbons (Fsp3) is 0.533. The molecule has 2 rings (SSSR count). The molecular weight excluding hydrogens is 300 g/mol. The van der Waals surface area contributed by atoms with Crippen LogP contribution in [-0.4, -0.2) is 36.7 Å². The van der Waals surface area contributed by atoms with Crippen LogP contribution in [0.3, 0.4) is 0 Å². The number of benzene rings is 1. The number of hydrogen-bond donors (Lipinski definition) is 3. The highest BCUT2D eigenvalue weighted by Gasteiger charge is 2.11. The number of fused-ring (bicyclic) bond motifs is 1. The molecule has 7 heteroatoms. The van der Waals surface area contributed by atoms with Gasteiger partial charge in [-0.25, -0.2) is 18.1 Å². The van der Waals surface area contributed by atoms with Gasteiger partial charge < -0.3 is 10.3 Å². The molecule has 122 valence electrons. The van der Waals surface area contributed by atoms with E-state index in [1.165, 1.54) is 5.56 Å². The van der Waals surface area contributed by atoms with Crippen molar-refractivity contribution < 1.29 is 8.42 Å². The number of imidazole rings is 1. The van der Waals surface area contributed by atoms with Crippen molar-refractivity contribution in [2.75, 3.05) is 12.3 Å². The van der Waals surface area contributed by atoms with Crippen LogP contribution in [0.25, 0.3) is 11.0 Å². The van der Waals surface area contributed by atoms with Crippen molar-refractivity contribution >= 4 is 21.1 Å². The maximum atomic E-state index is 11.6. The molecule has 1 aromatic heterocycles. The molecule has 0 aliphatic rings. The zero-order chi connectivity index (χ0) is 16.2. The Bertz CT molecular complexity index is 724. The van der Waals surface area contributed by atoms with Crippen LogP contribution in [0, 0.1) is 6.92 Å². The Morgan fingerprint density at radius 2 is 2.14 bits per heavy atom. The quantitative estimate of drug-likeness (QED) is 0.689. The number of aromatic amines is 1. The second-order valence-electron chi connectivity index (χ2n) is 5.65. The van der Waals surface area contributed by atoms with Crippen molar-refractivity contribution in [3.63, 3.8) is 0 Å². The predicted octanol–water partition coefficient (Wildman–Crippen LogP) is 1.68. The lowest BCUT2D eigenvalue weighted by molar-refractivity contribution is 0.518. The number of sulfonamides is 1. The van der Waals surface area contributed by atoms with Gasteiger partial charge in [-0.15, -0.1) is 0 Å². The number of H-pyrrole nitrogens is 1. The predicted molar refractivity (Wildman–Crippen MR) is 89.2 cm³/mol. The van der Waals surface area contributed by atoms with Crippen LogP contribution in [0.4, 0.5) is 0 Å². The molecule has 6 nitrogen and oxygen atoms in total. The third kappa shape index (κ3) is 4.79. The van der Waals surface area contributed by atoms with E-state index in [1.807, 2.05) is 32.9 Å². The van der Waals surface area contributed by atoms with Gasteiger partial charge in [-0.3, -0.25) is 0 Å². The van der Waals surface area contributed by atoms with E-state index >= 15 is 0 Å². The van der Waals surface area contributed by atoms with E-state index in [2.05, 4.69) is 26.1 Å². The lowest BCUT2D eigenvalue weighted by Gasteiger charge is -2.13. The van der Waals surface area contributed by atoms with Crippen molar-refractivity contribution in [3.8, 4) is 0 Å². The van der Waals surface area contributed by atoms with Crippen molar-refractivity contribution in [2.24, 2.45) is 0 Å². The molecule has 0 aliphatic heterocycles. The highest BCUT2D eigenvalue weighted by atomic mass is 32.2. The highest BCUT2D eigenvalue weighted by molar-refractivity contribution is 7.89. The van der Waals surface area contributed by atoms with Crippen LogP contribution in [0.1, 0.15) is 31.7 Å². The molecule has 1 atom stereocenters. The normalized spacial score (nSPS) is 13.6. The summed E-state index contributed by atoms with van der Waals surface area (Å²) >= 11 is 0. The average molecular weight is 324 g/mol. The summed E-state index contributed by atoms with van der Waals surface area (Å²) in [5.74, 6) is 1.02. The maximum Gasteiger partial charge on any atom is 0.211 e. The third-order valence-corrected chi connectivity index (χ3v) is 4.94. The summed E-state index contributed by atoms with van der Waals surface area (Å²) in [5, 5.41) is 3.27. The largest absolute Gasteiger partial charge is 0.341 e. The van der Waals surface area contributed by atoms with E-state index in [-0.39, 0.29) is 11.8 Å². The molecule has 2 aromatic rings. The Labute approximate surface area is 131 Å². The second-order valence-corrected chi connectivity index (χ2v) is 7.58. The van der Waals surface area contributed by atoms with Crippen LogP contribution in [-0.2, 0) is 16.6 Å². The molecule has 0 spiro atoms. The summed E-state index contributed by atoms with van der Waals surface area (Å²) in [5.41, 5.74) is 3.15. The number of nitrogens with zero attached hydrogens (tertiary/aromatic N) is 1. The van der Waals surface area contributed by atoms with Crippen LogP contribution < -0.4 is 10.0 Å². The van der Waals surface area contributed by atoms with Gasteiger partial charge in [-0.1, -0.05) is 13.0 Å². The number of rotatable bonds is 8. The van der Waals surface area contributed by atoms with E-state index in [9.17, 15) is 8.42 Å². The Kier molecular flexibility index (Phi) is 5.55. The average Bonchev–Trinajstić information content (AvgIpc) is 2.85. The first-order chi connectivity index (χ1) is 10.4. The fourth-order valence-corrected chi connectivity index (χ4v) is 3.38. The zero-order valence-electron chi connectivity index (χ0n) is 13.3. The summed E-state index contributed by atoms with van der Waals surface area (Å²) in [6.07, 6.45) is 0.621. The van der Waals surface area contributed by atoms with E-state index in [1.54, 1.807) is 0 Å². The van der Waals surface area contributed by atoms with Gasteiger partial charge in [0, 0.05) is 12.6 Å². The Morgan fingerprint density at radius 3 is 2.86 bits per heavy atom. The second kappa shape index (κ2) is 7.21. The van der Waals surface area contributed by atoms with Crippen molar-refractivity contribution in [3.05, 3.63) is 29.6 Å². The van der Waals surface area contributed by atoms with Gasteiger partial charge in [0.1, 0.15) is 5.82 Å². The Balaban J connectivity index is 1.86. The molecule has 22 heavy (non-hydrogen) atoms. The van der Waals surface area contributed by atoms with E-state index in [4.69, 9.17) is 0 Å². The van der Waals surface area contributed by atoms with Gasteiger partial charge in [0.05, 0.1) is 23.3 Å². The van der Waals surface area contributed by atoms with Gasteiger partial charge in [0.2, 0.25) is 10.0 Å². The van der Waals surface area contributed by atoms with Gasteiger partial charge in [0.25, 0.3) is 0 Å². The highest BCUT2D eigenvalue weighted by Crippen LogP contribution is 2.13. The van der Waals surface area contributed by atoms with Gasteiger partial charge in [-0.2, -0.15) is 0 Å². The molecular formula is C15H24N4O2S. The number of hydrogen-bond acceptors (Lipinski definition) is 4. The van der Waals surface area contributed by atoms with Crippen molar-refractivity contribution in [1.29, 1.82) is 0 Å². The van der Waals surface area contributed by atoms with Crippen molar-refractivity contribution in [1.82, 2.24) is 20.0 Å². The molecule has 0 radical (unpaired) electrons. The summed E-state index contributed by atoms with van der Waals surface area (Å²) in [4.78, 5) is 7.78. The smallest absolute Gasteiger partial charge is 0.211 e. The number of aryl methyl sites for hydroxylation is 1. The minimum absolute atomic E-state index is 0.0292. The summed E-state index contributed by atoms with van der Waals surface area (Å²) < 4.78 is 25.8. The molecule has 0 saturated heterocycles. The summed E-state index contributed by atoms with van der Waals surface area (Å²) in [6, 6.07) is 6.12. The Hall–Kier alpha value is -1.44. The topological polar surface area (TPSA) is 86.9 Å². The zero-order valence-corrected chi connectivity index (χ0v) is 14.1. The van der Waals surface area contributed by atoms with Crippen molar-refractivity contribution in [2.45, 2.75) is 39.8 Å². The number of nitrogens with one attached hydrogen (secondary N) is 3. The molecule has 0 aliphatic carbocycles. The molecule has 0 bridgehead atoms. The van der Waals surface area contributed by atoms with E-state index < -0.39 is 10.0 Å².